The van der Waals surface area contributed by atoms with Gasteiger partial charge in [0.25, 0.3) is 0 Å². The van der Waals surface area contributed by atoms with Gasteiger partial charge in [-0.05, 0) is 86.1 Å². The van der Waals surface area contributed by atoms with E-state index in [4.69, 9.17) is 0 Å². The van der Waals surface area contributed by atoms with E-state index in [1.165, 1.54) is 24.0 Å². The summed E-state index contributed by atoms with van der Waals surface area (Å²) in [6.07, 6.45) is 14.1. The lowest BCUT2D eigenvalue weighted by atomic mass is 9.54. The predicted octanol–water partition coefficient (Wildman–Crippen LogP) is 5.26. The number of hydrogen-bond acceptors (Lipinski definition) is 0. The van der Waals surface area contributed by atoms with Gasteiger partial charge in [0.15, 0.2) is 0 Å². The average Bonchev–Trinajstić information content (AvgIpc) is 2.26. The first kappa shape index (κ1) is 11.9. The lowest BCUT2D eigenvalue weighted by molar-refractivity contribution is -0.00649. The van der Waals surface area contributed by atoms with Gasteiger partial charge in [-0.25, -0.2) is 0 Å². The van der Waals surface area contributed by atoms with Crippen molar-refractivity contribution in [3.8, 4) is 0 Å². The summed E-state index contributed by atoms with van der Waals surface area (Å²) < 4.78 is 0. The molecular formula is C15H24IP. The second kappa shape index (κ2) is 4.62. The molecule has 0 aromatic rings. The first-order valence-electron chi connectivity index (χ1n) is 7.69. The zero-order valence-corrected chi connectivity index (χ0v) is 13.7. The van der Waals surface area contributed by atoms with Crippen molar-refractivity contribution in [3.05, 3.63) is 0 Å². The number of halogens is 1. The van der Waals surface area contributed by atoms with Crippen LogP contribution in [-0.2, 0) is 0 Å². The van der Waals surface area contributed by atoms with Gasteiger partial charge in [-0.1, -0.05) is 34.7 Å². The Morgan fingerprint density at radius 1 is 0.824 bits per heavy atom. The molecule has 4 atom stereocenters. The normalized spacial score (nSPS) is 56.6. The van der Waals surface area contributed by atoms with E-state index in [0.29, 0.717) is 0 Å². The molecule has 0 saturated heterocycles. The molecule has 2 heteroatoms. The van der Waals surface area contributed by atoms with E-state index in [2.05, 4.69) is 22.0 Å². The molecule has 0 aliphatic heterocycles. The van der Waals surface area contributed by atoms with Crippen LogP contribution in [0.1, 0.15) is 51.4 Å². The van der Waals surface area contributed by atoms with Crippen LogP contribution >= 0.6 is 28.3 Å². The van der Waals surface area contributed by atoms with E-state index in [1.54, 1.807) is 51.4 Å². The van der Waals surface area contributed by atoms with Crippen LogP contribution in [0.3, 0.4) is 0 Å². The van der Waals surface area contributed by atoms with Crippen LogP contribution in [0.4, 0.5) is 0 Å². The fourth-order valence-corrected chi connectivity index (χ4v) is 8.48. The SMILES string of the molecule is IPC1CC(CC2CCC3CC2C3)C2CC1C2. The smallest absolute Gasteiger partial charge is 0.0115 e. The summed E-state index contributed by atoms with van der Waals surface area (Å²) in [7, 11) is 0. The first-order valence-corrected chi connectivity index (χ1v) is 11.9. The highest BCUT2D eigenvalue weighted by Gasteiger charge is 2.48. The molecular weight excluding hydrogens is 338 g/mol. The summed E-state index contributed by atoms with van der Waals surface area (Å²) in [6, 6.07) is 0. The highest BCUT2D eigenvalue weighted by Crippen LogP contribution is 2.59. The molecule has 0 radical (unpaired) electrons. The molecule has 0 nitrogen and oxygen atoms in total. The maximum atomic E-state index is 2.67. The monoisotopic (exact) mass is 362 g/mol. The van der Waals surface area contributed by atoms with Crippen LogP contribution in [0.25, 0.3) is 0 Å². The molecule has 0 spiro atoms. The molecule has 0 aromatic carbocycles. The Morgan fingerprint density at radius 3 is 2.24 bits per heavy atom. The van der Waals surface area contributed by atoms with Crippen LogP contribution in [0.5, 0.6) is 0 Å². The maximum absolute atomic E-state index is 2.67. The third kappa shape index (κ3) is 2.02. The molecule has 0 amide bonds. The molecule has 4 unspecified atom stereocenters. The second-order valence-electron chi connectivity index (χ2n) is 7.37. The molecule has 96 valence electrons. The summed E-state index contributed by atoms with van der Waals surface area (Å²) in [4.78, 5) is 0. The maximum Gasteiger partial charge on any atom is -0.0115 e. The number of hydrogen-bond donors (Lipinski definition) is 0. The fraction of sp³-hybridized carbons (Fsp3) is 1.00. The molecule has 6 fully saturated rings. The van der Waals surface area contributed by atoms with Crippen LogP contribution in [0.15, 0.2) is 0 Å². The van der Waals surface area contributed by atoms with E-state index in [-0.39, 0.29) is 0 Å². The van der Waals surface area contributed by atoms with Crippen LogP contribution in [-0.4, -0.2) is 5.66 Å². The Balaban J connectivity index is 1.38. The van der Waals surface area contributed by atoms with Gasteiger partial charge in [0.1, 0.15) is 0 Å². The highest BCUT2D eigenvalue weighted by atomic mass is 127. The van der Waals surface area contributed by atoms with Gasteiger partial charge in [0, 0.05) is 0 Å². The highest BCUT2D eigenvalue weighted by molar-refractivity contribution is 14.2. The van der Waals surface area contributed by atoms with Crippen LogP contribution < -0.4 is 0 Å². The Bertz CT molecular complexity index is 291. The van der Waals surface area contributed by atoms with Gasteiger partial charge < -0.3 is 0 Å². The molecule has 0 aromatic heterocycles. The minimum atomic E-state index is 1.13. The summed E-state index contributed by atoms with van der Waals surface area (Å²) in [6.45, 7) is 0. The molecule has 0 N–H and O–H groups in total. The van der Waals surface area contributed by atoms with Crippen molar-refractivity contribution in [1.29, 1.82) is 0 Å². The minimum absolute atomic E-state index is 1.13. The molecule has 4 bridgehead atoms. The zero-order chi connectivity index (χ0) is 11.4. The van der Waals surface area contributed by atoms with Crippen molar-refractivity contribution in [2.75, 3.05) is 0 Å². The average molecular weight is 362 g/mol. The molecule has 6 rings (SSSR count). The summed E-state index contributed by atoms with van der Waals surface area (Å²) in [5.74, 6) is 6.97. The Labute approximate surface area is 120 Å². The fourth-order valence-electron chi connectivity index (χ4n) is 5.35. The lowest BCUT2D eigenvalue weighted by Gasteiger charge is -2.54. The standard InChI is InChI=1S/C15H24IP/c16-17-15-8-13(12-6-14(15)7-12)5-10-2-1-9-3-11(10)4-9/h9-15,17H,1-8H2. The van der Waals surface area contributed by atoms with Crippen molar-refractivity contribution >= 4 is 28.3 Å². The van der Waals surface area contributed by atoms with Crippen molar-refractivity contribution < 1.29 is 0 Å². The summed E-state index contributed by atoms with van der Waals surface area (Å²) >= 11 is 2.67. The van der Waals surface area contributed by atoms with Crippen molar-refractivity contribution in [2.24, 2.45) is 35.5 Å². The van der Waals surface area contributed by atoms with Gasteiger partial charge in [0.2, 0.25) is 0 Å². The van der Waals surface area contributed by atoms with Gasteiger partial charge in [-0.3, -0.25) is 0 Å². The molecule has 6 aliphatic rings. The molecule has 6 saturated carbocycles. The van der Waals surface area contributed by atoms with E-state index >= 15 is 0 Å². The molecule has 0 heterocycles. The Kier molecular flexibility index (Phi) is 3.24. The Hall–Kier alpha value is 1.16. The molecule has 6 aliphatic carbocycles. The largest absolute Gasteiger partial charge is 0.0569 e. The van der Waals surface area contributed by atoms with Gasteiger partial charge >= 0.3 is 0 Å². The van der Waals surface area contributed by atoms with E-state index in [9.17, 15) is 0 Å². The van der Waals surface area contributed by atoms with E-state index in [0.717, 1.165) is 23.4 Å². The van der Waals surface area contributed by atoms with Crippen molar-refractivity contribution in [1.82, 2.24) is 0 Å². The van der Waals surface area contributed by atoms with E-state index in [1.807, 2.05) is 0 Å². The summed E-state index contributed by atoms with van der Waals surface area (Å²) in [5.41, 5.74) is 1.13. The third-order valence-electron chi connectivity index (χ3n) is 6.63. The number of rotatable bonds is 3. The van der Waals surface area contributed by atoms with Crippen molar-refractivity contribution in [2.45, 2.75) is 57.0 Å². The first-order chi connectivity index (χ1) is 8.33. The topological polar surface area (TPSA) is 0 Å². The quantitative estimate of drug-likeness (QED) is 0.475. The summed E-state index contributed by atoms with van der Waals surface area (Å²) in [5, 5.41) is 0. The van der Waals surface area contributed by atoms with Crippen LogP contribution in [0, 0.1) is 35.5 Å². The van der Waals surface area contributed by atoms with E-state index < -0.39 is 0 Å². The lowest BCUT2D eigenvalue weighted by Crippen LogP contribution is -2.45. The van der Waals surface area contributed by atoms with Gasteiger partial charge in [-0.2, -0.15) is 0 Å². The second-order valence-corrected chi connectivity index (χ2v) is 10.2. The Morgan fingerprint density at radius 2 is 1.59 bits per heavy atom. The van der Waals surface area contributed by atoms with Crippen LogP contribution in [0.2, 0.25) is 0 Å². The number of fused-ring (bicyclic) bond motifs is 4. The third-order valence-corrected chi connectivity index (χ3v) is 10.0. The van der Waals surface area contributed by atoms with Gasteiger partial charge in [-0.15, -0.1) is 0 Å². The zero-order valence-electron chi connectivity index (χ0n) is 10.6. The van der Waals surface area contributed by atoms with Gasteiger partial charge in [0.05, 0.1) is 0 Å². The molecule has 17 heavy (non-hydrogen) atoms. The van der Waals surface area contributed by atoms with Crippen molar-refractivity contribution in [3.63, 3.8) is 0 Å². The predicted molar refractivity (Wildman–Crippen MR) is 84.0 cm³/mol. The minimum Gasteiger partial charge on any atom is -0.0569 e.